The fraction of sp³-hybridized carbons (Fsp3) is 0.316. The van der Waals surface area contributed by atoms with Gasteiger partial charge in [0.25, 0.3) is 5.91 Å². The SMILES string of the molecule is Cc1c(CN2CCSCC2)cccc1NC(=O)c1ccccc1N.Cl.Cl. The van der Waals surface area contributed by atoms with Gasteiger partial charge in [-0.25, -0.2) is 0 Å². The number of rotatable bonds is 4. The van der Waals surface area contributed by atoms with Gasteiger partial charge < -0.3 is 11.1 Å². The van der Waals surface area contributed by atoms with Crippen LogP contribution in [0, 0.1) is 6.92 Å². The van der Waals surface area contributed by atoms with Gasteiger partial charge in [-0.15, -0.1) is 24.8 Å². The third-order valence-electron chi connectivity index (χ3n) is 4.40. The highest BCUT2D eigenvalue weighted by atomic mass is 35.5. The summed E-state index contributed by atoms with van der Waals surface area (Å²) in [6.07, 6.45) is 0. The van der Waals surface area contributed by atoms with E-state index < -0.39 is 0 Å². The van der Waals surface area contributed by atoms with Gasteiger partial charge in [0.2, 0.25) is 0 Å². The normalized spacial score (nSPS) is 14.0. The minimum absolute atomic E-state index is 0. The molecule has 0 radical (unpaired) electrons. The van der Waals surface area contributed by atoms with Gasteiger partial charge in [0.15, 0.2) is 0 Å². The maximum absolute atomic E-state index is 12.5. The lowest BCUT2D eigenvalue weighted by molar-refractivity contribution is 0.102. The zero-order valence-electron chi connectivity index (χ0n) is 14.7. The van der Waals surface area contributed by atoms with Crippen molar-refractivity contribution < 1.29 is 4.79 Å². The molecule has 0 spiro atoms. The van der Waals surface area contributed by atoms with Crippen LogP contribution in [0.15, 0.2) is 42.5 Å². The molecule has 1 amide bonds. The summed E-state index contributed by atoms with van der Waals surface area (Å²) in [5.41, 5.74) is 10.1. The number of anilines is 2. The van der Waals surface area contributed by atoms with Crippen molar-refractivity contribution in [3.63, 3.8) is 0 Å². The van der Waals surface area contributed by atoms with Crippen LogP contribution in [-0.4, -0.2) is 35.4 Å². The van der Waals surface area contributed by atoms with Crippen molar-refractivity contribution in [2.24, 2.45) is 0 Å². The monoisotopic (exact) mass is 413 g/mol. The number of hydrogen-bond acceptors (Lipinski definition) is 4. The van der Waals surface area contributed by atoms with Crippen molar-refractivity contribution in [3.8, 4) is 0 Å². The summed E-state index contributed by atoms with van der Waals surface area (Å²) in [5.74, 6) is 2.23. The average molecular weight is 414 g/mol. The summed E-state index contributed by atoms with van der Waals surface area (Å²) in [5, 5.41) is 3.00. The molecule has 3 N–H and O–H groups in total. The van der Waals surface area contributed by atoms with Gasteiger partial charge in [-0.1, -0.05) is 24.3 Å². The number of thioether (sulfide) groups is 1. The highest BCUT2D eigenvalue weighted by Gasteiger charge is 2.15. The van der Waals surface area contributed by atoms with E-state index in [4.69, 9.17) is 5.73 Å². The second-order valence-electron chi connectivity index (χ2n) is 6.02. The molecule has 1 aliphatic heterocycles. The maximum Gasteiger partial charge on any atom is 0.257 e. The predicted molar refractivity (Wildman–Crippen MR) is 117 cm³/mol. The number of carbonyl (C=O) groups is 1. The smallest absolute Gasteiger partial charge is 0.257 e. The maximum atomic E-state index is 12.5. The Morgan fingerprint density at radius 3 is 2.50 bits per heavy atom. The van der Waals surface area contributed by atoms with E-state index in [-0.39, 0.29) is 30.7 Å². The molecule has 2 aromatic carbocycles. The molecule has 3 rings (SSSR count). The number of carbonyl (C=O) groups excluding carboxylic acids is 1. The number of benzene rings is 2. The summed E-state index contributed by atoms with van der Waals surface area (Å²) >= 11 is 2.01. The molecular weight excluding hydrogens is 389 g/mol. The Morgan fingerprint density at radius 1 is 1.12 bits per heavy atom. The number of nitrogen functional groups attached to an aromatic ring is 1. The van der Waals surface area contributed by atoms with Gasteiger partial charge in [-0.2, -0.15) is 11.8 Å². The first-order valence-electron chi connectivity index (χ1n) is 8.19. The van der Waals surface area contributed by atoms with E-state index in [1.54, 1.807) is 12.1 Å². The van der Waals surface area contributed by atoms with Gasteiger partial charge in [-0.3, -0.25) is 9.69 Å². The molecule has 0 unspecified atom stereocenters. The third kappa shape index (κ3) is 5.55. The van der Waals surface area contributed by atoms with Gasteiger partial charge in [0.1, 0.15) is 0 Å². The average Bonchev–Trinajstić information content (AvgIpc) is 2.60. The highest BCUT2D eigenvalue weighted by Crippen LogP contribution is 2.23. The number of nitrogens with zero attached hydrogens (tertiary/aromatic N) is 1. The first kappa shape index (κ1) is 22.6. The minimum atomic E-state index is -0.164. The van der Waals surface area contributed by atoms with E-state index in [9.17, 15) is 4.79 Å². The number of halogens is 2. The van der Waals surface area contributed by atoms with Crippen LogP contribution < -0.4 is 11.1 Å². The number of nitrogens with two attached hydrogens (primary N) is 1. The summed E-state index contributed by atoms with van der Waals surface area (Å²) in [7, 11) is 0. The number of nitrogens with one attached hydrogen (secondary N) is 1. The van der Waals surface area contributed by atoms with E-state index in [2.05, 4.69) is 23.2 Å². The van der Waals surface area contributed by atoms with Crippen molar-refractivity contribution in [3.05, 3.63) is 59.2 Å². The number of amides is 1. The lowest BCUT2D eigenvalue weighted by Gasteiger charge is -2.27. The van der Waals surface area contributed by atoms with Crippen molar-refractivity contribution in [1.29, 1.82) is 0 Å². The number of hydrogen-bond donors (Lipinski definition) is 2. The Bertz CT molecular complexity index is 736. The van der Waals surface area contributed by atoms with Crippen LogP contribution in [0.5, 0.6) is 0 Å². The zero-order valence-corrected chi connectivity index (χ0v) is 17.2. The third-order valence-corrected chi connectivity index (χ3v) is 5.34. The molecule has 0 aliphatic carbocycles. The largest absolute Gasteiger partial charge is 0.398 e. The molecule has 1 saturated heterocycles. The molecule has 2 aromatic rings. The molecule has 0 saturated carbocycles. The molecular formula is C19H25Cl2N3OS. The summed E-state index contributed by atoms with van der Waals surface area (Å²) in [4.78, 5) is 15.0. The molecule has 142 valence electrons. The van der Waals surface area contributed by atoms with Gasteiger partial charge in [0, 0.05) is 42.5 Å². The van der Waals surface area contributed by atoms with Crippen LogP contribution in [-0.2, 0) is 6.54 Å². The van der Waals surface area contributed by atoms with Crippen LogP contribution in [0.2, 0.25) is 0 Å². The topological polar surface area (TPSA) is 58.4 Å². The first-order valence-corrected chi connectivity index (χ1v) is 9.35. The molecule has 0 atom stereocenters. The second-order valence-corrected chi connectivity index (χ2v) is 7.24. The van der Waals surface area contributed by atoms with Gasteiger partial charge in [0.05, 0.1) is 5.56 Å². The minimum Gasteiger partial charge on any atom is -0.398 e. The number of para-hydroxylation sites is 1. The van der Waals surface area contributed by atoms with E-state index >= 15 is 0 Å². The Labute approximate surface area is 171 Å². The summed E-state index contributed by atoms with van der Waals surface area (Å²) in [6.45, 7) is 5.25. The predicted octanol–water partition coefficient (Wildman–Crippen LogP) is 4.22. The lowest BCUT2D eigenvalue weighted by Crippen LogP contribution is -2.32. The van der Waals surface area contributed by atoms with Crippen LogP contribution in [0.4, 0.5) is 11.4 Å². The van der Waals surface area contributed by atoms with E-state index in [0.717, 1.165) is 30.9 Å². The Balaban J connectivity index is 0.00000169. The molecule has 1 heterocycles. The lowest BCUT2D eigenvalue weighted by atomic mass is 10.1. The first-order chi connectivity index (χ1) is 11.6. The summed E-state index contributed by atoms with van der Waals surface area (Å²) in [6, 6.07) is 13.2. The van der Waals surface area contributed by atoms with Crippen molar-refractivity contribution in [2.75, 3.05) is 35.6 Å². The van der Waals surface area contributed by atoms with Crippen LogP contribution in [0.25, 0.3) is 0 Å². The molecule has 0 bridgehead atoms. The van der Waals surface area contributed by atoms with E-state index in [1.807, 2.05) is 36.0 Å². The van der Waals surface area contributed by atoms with Crippen molar-refractivity contribution in [1.82, 2.24) is 4.90 Å². The standard InChI is InChI=1S/C19H23N3OS.2ClH/c1-14-15(13-22-9-11-24-12-10-22)5-4-8-18(14)21-19(23)16-6-2-3-7-17(16)20;;/h2-8H,9-13,20H2,1H3,(H,21,23);2*1H. The van der Waals surface area contributed by atoms with Crippen molar-refractivity contribution in [2.45, 2.75) is 13.5 Å². The summed E-state index contributed by atoms with van der Waals surface area (Å²) < 4.78 is 0. The van der Waals surface area contributed by atoms with E-state index in [1.165, 1.54) is 17.1 Å². The Kier molecular flexibility index (Phi) is 9.30. The zero-order chi connectivity index (χ0) is 16.9. The van der Waals surface area contributed by atoms with Crippen molar-refractivity contribution >= 4 is 53.9 Å². The quantitative estimate of drug-likeness (QED) is 0.736. The second kappa shape index (κ2) is 10.7. The van der Waals surface area contributed by atoms with Gasteiger partial charge >= 0.3 is 0 Å². The molecule has 26 heavy (non-hydrogen) atoms. The fourth-order valence-electron chi connectivity index (χ4n) is 2.88. The van der Waals surface area contributed by atoms with Crippen LogP contribution in [0.3, 0.4) is 0 Å². The van der Waals surface area contributed by atoms with Crippen LogP contribution in [0.1, 0.15) is 21.5 Å². The van der Waals surface area contributed by atoms with Crippen LogP contribution >= 0.6 is 36.6 Å². The van der Waals surface area contributed by atoms with E-state index in [0.29, 0.717) is 11.3 Å². The fourth-order valence-corrected chi connectivity index (χ4v) is 3.86. The molecule has 0 aromatic heterocycles. The Hall–Kier alpha value is -1.40. The Morgan fingerprint density at radius 2 is 1.81 bits per heavy atom. The molecule has 1 fully saturated rings. The van der Waals surface area contributed by atoms with Gasteiger partial charge in [-0.05, 0) is 36.2 Å². The molecule has 4 nitrogen and oxygen atoms in total. The molecule has 1 aliphatic rings. The molecule has 7 heteroatoms. The highest BCUT2D eigenvalue weighted by molar-refractivity contribution is 7.99.